The number of hydrogen-bond donors (Lipinski definition) is 1. The number of methoxy groups -OCH3 is 2. The Kier molecular flexibility index (Phi) is 6.63. The maximum Gasteiger partial charge on any atom is 0.261 e. The van der Waals surface area contributed by atoms with Gasteiger partial charge >= 0.3 is 0 Å². The number of rotatable bonds is 9. The van der Waals surface area contributed by atoms with Gasteiger partial charge in [-0.15, -0.1) is 0 Å². The SMILES string of the molecule is COc1ccc(CCn2c(CCNc3nsc4ccccc34)nc3ccccc3c2=O)cc1OC. The fourth-order valence-corrected chi connectivity index (χ4v) is 4.97. The first kappa shape index (κ1) is 22.9. The first-order valence-electron chi connectivity index (χ1n) is 11.5. The summed E-state index contributed by atoms with van der Waals surface area (Å²) in [4.78, 5) is 18.3. The topological polar surface area (TPSA) is 78.3 Å². The van der Waals surface area contributed by atoms with Crippen molar-refractivity contribution >= 4 is 38.3 Å². The van der Waals surface area contributed by atoms with E-state index in [0.717, 1.165) is 27.3 Å². The molecule has 0 aliphatic rings. The Bertz CT molecular complexity index is 1540. The van der Waals surface area contributed by atoms with Gasteiger partial charge in [0.15, 0.2) is 11.5 Å². The summed E-state index contributed by atoms with van der Waals surface area (Å²) in [5.74, 6) is 2.97. The lowest BCUT2D eigenvalue weighted by atomic mass is 10.1. The molecule has 5 rings (SSSR count). The molecule has 0 fully saturated rings. The van der Waals surface area contributed by atoms with Crippen LogP contribution in [-0.2, 0) is 19.4 Å². The van der Waals surface area contributed by atoms with Crippen LogP contribution in [-0.4, -0.2) is 34.7 Å². The minimum absolute atomic E-state index is 0.0230. The highest BCUT2D eigenvalue weighted by Crippen LogP contribution is 2.28. The summed E-state index contributed by atoms with van der Waals surface area (Å²) in [5, 5.41) is 5.16. The molecule has 5 aromatic rings. The Morgan fingerprint density at radius 3 is 2.51 bits per heavy atom. The van der Waals surface area contributed by atoms with E-state index in [1.807, 2.05) is 54.6 Å². The average molecular weight is 487 g/mol. The van der Waals surface area contributed by atoms with Gasteiger partial charge in [0.2, 0.25) is 0 Å². The van der Waals surface area contributed by atoms with Crippen molar-refractivity contribution in [3.63, 3.8) is 0 Å². The maximum atomic E-state index is 13.4. The van der Waals surface area contributed by atoms with Gasteiger partial charge in [-0.3, -0.25) is 9.36 Å². The van der Waals surface area contributed by atoms with E-state index in [1.165, 1.54) is 11.5 Å². The Hall–Kier alpha value is -3.91. The Morgan fingerprint density at radius 2 is 1.69 bits per heavy atom. The molecule has 0 saturated carbocycles. The smallest absolute Gasteiger partial charge is 0.261 e. The molecular weight excluding hydrogens is 460 g/mol. The van der Waals surface area contributed by atoms with Crippen LogP contribution in [0.15, 0.2) is 71.5 Å². The molecule has 0 spiro atoms. The number of aryl methyl sites for hydroxylation is 1. The summed E-state index contributed by atoms with van der Waals surface area (Å²) in [6.07, 6.45) is 1.26. The lowest BCUT2D eigenvalue weighted by Gasteiger charge is -2.15. The van der Waals surface area contributed by atoms with Crippen LogP contribution in [0, 0.1) is 0 Å². The third kappa shape index (κ3) is 4.70. The second-order valence-corrected chi connectivity index (χ2v) is 8.95. The molecular formula is C27H26N4O3S. The highest BCUT2D eigenvalue weighted by Gasteiger charge is 2.13. The van der Waals surface area contributed by atoms with E-state index in [1.54, 1.807) is 18.8 Å². The summed E-state index contributed by atoms with van der Waals surface area (Å²) in [6, 6.07) is 21.5. The molecule has 0 atom stereocenters. The Labute approximate surface area is 207 Å². The van der Waals surface area contributed by atoms with Crippen LogP contribution in [0.3, 0.4) is 0 Å². The third-order valence-electron chi connectivity index (χ3n) is 6.03. The number of anilines is 1. The molecule has 2 aromatic heterocycles. The number of nitrogens with zero attached hydrogens (tertiary/aromatic N) is 3. The fraction of sp³-hybridized carbons (Fsp3) is 0.222. The van der Waals surface area contributed by atoms with Crippen LogP contribution >= 0.6 is 11.5 Å². The van der Waals surface area contributed by atoms with E-state index in [2.05, 4.69) is 21.8 Å². The van der Waals surface area contributed by atoms with Crippen molar-refractivity contribution in [1.82, 2.24) is 13.9 Å². The molecule has 0 bridgehead atoms. The summed E-state index contributed by atoms with van der Waals surface area (Å²) >= 11 is 1.48. The van der Waals surface area contributed by atoms with Gasteiger partial charge < -0.3 is 14.8 Å². The van der Waals surface area contributed by atoms with Crippen LogP contribution in [0.4, 0.5) is 5.82 Å². The van der Waals surface area contributed by atoms with Gasteiger partial charge in [-0.2, -0.15) is 4.37 Å². The number of aromatic nitrogens is 3. The molecule has 0 aliphatic heterocycles. The molecule has 1 N–H and O–H groups in total. The number of ether oxygens (including phenoxy) is 2. The number of nitrogens with one attached hydrogen (secondary N) is 1. The average Bonchev–Trinajstić information content (AvgIpc) is 3.31. The summed E-state index contributed by atoms with van der Waals surface area (Å²) in [7, 11) is 3.24. The van der Waals surface area contributed by atoms with Crippen molar-refractivity contribution in [2.24, 2.45) is 0 Å². The zero-order valence-electron chi connectivity index (χ0n) is 19.7. The van der Waals surface area contributed by atoms with Gasteiger partial charge in [-0.25, -0.2) is 4.98 Å². The van der Waals surface area contributed by atoms with Gasteiger partial charge in [0.1, 0.15) is 11.6 Å². The van der Waals surface area contributed by atoms with Crippen LogP contribution in [0.5, 0.6) is 11.5 Å². The van der Waals surface area contributed by atoms with Gasteiger partial charge in [-0.05, 0) is 59.9 Å². The predicted molar refractivity (Wildman–Crippen MR) is 141 cm³/mol. The molecule has 0 saturated heterocycles. The van der Waals surface area contributed by atoms with Crippen molar-refractivity contribution < 1.29 is 9.47 Å². The van der Waals surface area contributed by atoms with Crippen molar-refractivity contribution in [3.8, 4) is 11.5 Å². The Morgan fingerprint density at radius 1 is 0.914 bits per heavy atom. The fourth-order valence-electron chi connectivity index (χ4n) is 4.22. The van der Waals surface area contributed by atoms with E-state index in [9.17, 15) is 4.79 Å². The van der Waals surface area contributed by atoms with E-state index in [0.29, 0.717) is 48.3 Å². The first-order chi connectivity index (χ1) is 17.2. The molecule has 178 valence electrons. The largest absolute Gasteiger partial charge is 0.493 e. The zero-order chi connectivity index (χ0) is 24.2. The second kappa shape index (κ2) is 10.1. The molecule has 0 amide bonds. The minimum Gasteiger partial charge on any atom is -0.493 e. The van der Waals surface area contributed by atoms with Crippen LogP contribution in [0.25, 0.3) is 21.0 Å². The lowest BCUT2D eigenvalue weighted by molar-refractivity contribution is 0.354. The molecule has 0 aliphatic carbocycles. The monoisotopic (exact) mass is 486 g/mol. The molecule has 3 aromatic carbocycles. The van der Waals surface area contributed by atoms with Crippen molar-refractivity contribution in [2.45, 2.75) is 19.4 Å². The third-order valence-corrected chi connectivity index (χ3v) is 6.86. The van der Waals surface area contributed by atoms with E-state index in [-0.39, 0.29) is 5.56 Å². The van der Waals surface area contributed by atoms with E-state index >= 15 is 0 Å². The summed E-state index contributed by atoms with van der Waals surface area (Å²) in [5.41, 5.74) is 1.75. The quantitative estimate of drug-likeness (QED) is 0.319. The van der Waals surface area contributed by atoms with E-state index in [4.69, 9.17) is 14.5 Å². The highest BCUT2D eigenvalue weighted by atomic mass is 32.1. The minimum atomic E-state index is -0.0230. The number of benzene rings is 3. The van der Waals surface area contributed by atoms with Gasteiger partial charge in [0.25, 0.3) is 5.56 Å². The van der Waals surface area contributed by atoms with Crippen molar-refractivity contribution in [3.05, 3.63) is 88.5 Å². The zero-order valence-corrected chi connectivity index (χ0v) is 20.5. The van der Waals surface area contributed by atoms with Crippen LogP contribution in [0.2, 0.25) is 0 Å². The maximum absolute atomic E-state index is 13.4. The standard InChI is InChI=1S/C27H26N4O3S/c1-33-22-12-11-18(17-23(22)34-2)14-16-31-25(29-21-9-5-3-7-19(21)27(31)32)13-15-28-26-20-8-4-6-10-24(20)35-30-26/h3-12,17H,13-16H2,1-2H3,(H,28,30). The molecule has 7 nitrogen and oxygen atoms in total. The predicted octanol–water partition coefficient (Wildman–Crippen LogP) is 4.92. The molecule has 0 radical (unpaired) electrons. The number of hydrogen-bond acceptors (Lipinski definition) is 7. The van der Waals surface area contributed by atoms with Gasteiger partial charge in [-0.1, -0.05) is 30.3 Å². The van der Waals surface area contributed by atoms with E-state index < -0.39 is 0 Å². The van der Waals surface area contributed by atoms with Crippen LogP contribution in [0.1, 0.15) is 11.4 Å². The highest BCUT2D eigenvalue weighted by molar-refractivity contribution is 7.13. The lowest BCUT2D eigenvalue weighted by Crippen LogP contribution is -2.27. The summed E-state index contributed by atoms with van der Waals surface area (Å²) in [6.45, 7) is 1.13. The first-order valence-corrected chi connectivity index (χ1v) is 12.2. The molecule has 2 heterocycles. The normalized spacial score (nSPS) is 11.1. The molecule has 0 unspecified atom stereocenters. The van der Waals surface area contributed by atoms with Crippen molar-refractivity contribution in [1.29, 1.82) is 0 Å². The molecule has 35 heavy (non-hydrogen) atoms. The molecule has 8 heteroatoms. The van der Waals surface area contributed by atoms with Gasteiger partial charge in [0, 0.05) is 24.9 Å². The number of fused-ring (bicyclic) bond motifs is 2. The van der Waals surface area contributed by atoms with Crippen LogP contribution < -0.4 is 20.3 Å². The summed E-state index contributed by atoms with van der Waals surface area (Å²) < 4.78 is 18.3. The number of para-hydroxylation sites is 1. The van der Waals surface area contributed by atoms with Crippen molar-refractivity contribution in [2.75, 3.05) is 26.1 Å². The second-order valence-electron chi connectivity index (χ2n) is 8.15. The van der Waals surface area contributed by atoms with Gasteiger partial charge in [0.05, 0.1) is 29.8 Å². The Balaban J connectivity index is 1.40.